The lowest BCUT2D eigenvalue weighted by Crippen LogP contribution is -2.46. The summed E-state index contributed by atoms with van der Waals surface area (Å²) in [5.41, 5.74) is 2.33. The van der Waals surface area contributed by atoms with Crippen LogP contribution < -0.4 is 20.3 Å². The number of urea groups is 1. The van der Waals surface area contributed by atoms with Gasteiger partial charge in [0.05, 0.1) is 24.2 Å². The van der Waals surface area contributed by atoms with Crippen molar-refractivity contribution in [1.29, 1.82) is 0 Å². The lowest BCUT2D eigenvalue weighted by atomic mass is 10.2. The summed E-state index contributed by atoms with van der Waals surface area (Å²) in [4.78, 5) is 21.5. The van der Waals surface area contributed by atoms with Crippen molar-refractivity contribution in [3.8, 4) is 5.75 Å². The molecule has 0 unspecified atom stereocenters. The molecule has 0 aliphatic carbocycles. The lowest BCUT2D eigenvalue weighted by molar-refractivity contribution is 0.249. The van der Waals surface area contributed by atoms with E-state index in [0.717, 1.165) is 44.1 Å². The molecule has 33 heavy (non-hydrogen) atoms. The number of amides is 2. The molecule has 2 amide bonds. The van der Waals surface area contributed by atoms with Crippen molar-refractivity contribution in [3.63, 3.8) is 0 Å². The van der Waals surface area contributed by atoms with Gasteiger partial charge < -0.3 is 20.3 Å². The van der Waals surface area contributed by atoms with Crippen LogP contribution >= 0.6 is 0 Å². The van der Waals surface area contributed by atoms with Gasteiger partial charge in [0.25, 0.3) is 0 Å². The summed E-state index contributed by atoms with van der Waals surface area (Å²) in [7, 11) is 0. The maximum absolute atomic E-state index is 13.1. The molecule has 1 aliphatic heterocycles. The van der Waals surface area contributed by atoms with E-state index in [2.05, 4.69) is 25.4 Å². The molecule has 1 aliphatic rings. The van der Waals surface area contributed by atoms with Crippen LogP contribution in [0.15, 0.2) is 66.9 Å². The van der Waals surface area contributed by atoms with Crippen molar-refractivity contribution in [2.24, 2.45) is 0 Å². The molecule has 0 radical (unpaired) electrons. The number of para-hydroxylation sites is 2. The van der Waals surface area contributed by atoms with Crippen LogP contribution in [0.4, 0.5) is 26.4 Å². The molecule has 1 saturated heterocycles. The highest BCUT2D eigenvalue weighted by Gasteiger charge is 2.18. The molecule has 8 heteroatoms. The fourth-order valence-corrected chi connectivity index (χ4v) is 3.77. The summed E-state index contributed by atoms with van der Waals surface area (Å²) >= 11 is 0. The van der Waals surface area contributed by atoms with E-state index in [0.29, 0.717) is 23.7 Å². The number of rotatable bonds is 7. The molecule has 4 rings (SSSR count). The summed E-state index contributed by atoms with van der Waals surface area (Å²) in [5, 5.41) is 5.62. The van der Waals surface area contributed by atoms with Crippen LogP contribution in [0, 0.1) is 5.82 Å². The van der Waals surface area contributed by atoms with Crippen molar-refractivity contribution >= 4 is 23.2 Å². The summed E-state index contributed by atoms with van der Waals surface area (Å²) in [6, 6.07) is 17.4. The Labute approximate surface area is 193 Å². The summed E-state index contributed by atoms with van der Waals surface area (Å²) in [6.45, 7) is 6.75. The van der Waals surface area contributed by atoms with Gasteiger partial charge in [0.15, 0.2) is 0 Å². The number of piperazine rings is 1. The highest BCUT2D eigenvalue weighted by Crippen LogP contribution is 2.24. The number of hydrogen-bond acceptors (Lipinski definition) is 5. The first-order chi connectivity index (χ1) is 16.1. The summed E-state index contributed by atoms with van der Waals surface area (Å²) < 4.78 is 18.6. The van der Waals surface area contributed by atoms with E-state index in [1.165, 1.54) is 12.1 Å². The first-order valence-electron chi connectivity index (χ1n) is 11.1. The highest BCUT2D eigenvalue weighted by atomic mass is 19.1. The zero-order valence-electron chi connectivity index (χ0n) is 18.6. The molecule has 2 heterocycles. The highest BCUT2D eigenvalue weighted by molar-refractivity contribution is 6.00. The molecule has 7 nitrogen and oxygen atoms in total. The minimum atomic E-state index is -0.355. The summed E-state index contributed by atoms with van der Waals surface area (Å²) in [6.07, 6.45) is 1.66. The van der Waals surface area contributed by atoms with Crippen LogP contribution in [0.5, 0.6) is 5.75 Å². The number of nitrogens with zero attached hydrogens (tertiary/aromatic N) is 3. The third-order valence-electron chi connectivity index (χ3n) is 5.46. The molecule has 0 bridgehead atoms. The molecular formula is C25H28FN5O2. The first kappa shape index (κ1) is 22.5. The molecule has 0 atom stereocenters. The normalized spacial score (nSPS) is 14.1. The second-order valence-electron chi connectivity index (χ2n) is 7.80. The molecular weight excluding hydrogens is 421 g/mol. The molecule has 2 N–H and O–H groups in total. The number of carbonyl (C=O) groups excluding carboxylic acids is 1. The standard InChI is InChI=1S/C25H28FN5O2/c1-2-33-23-6-4-3-5-22(23)29-25(32)28-21-11-12-24(27-17-21)31-15-13-30(14-16-31)18-19-7-9-20(26)10-8-19/h3-12,17H,2,13-16,18H2,1H3,(H2,28,29,32). The van der Waals surface area contributed by atoms with Crippen molar-refractivity contribution in [1.82, 2.24) is 9.88 Å². The van der Waals surface area contributed by atoms with Crippen LogP contribution in [0.3, 0.4) is 0 Å². The SMILES string of the molecule is CCOc1ccccc1NC(=O)Nc1ccc(N2CCN(Cc3ccc(F)cc3)CC2)nc1. The number of anilines is 3. The Morgan fingerprint density at radius 2 is 1.76 bits per heavy atom. The predicted molar refractivity (Wildman–Crippen MR) is 128 cm³/mol. The Balaban J connectivity index is 1.27. The fraction of sp³-hybridized carbons (Fsp3) is 0.280. The zero-order chi connectivity index (χ0) is 23.0. The number of halogens is 1. The number of pyridine rings is 1. The lowest BCUT2D eigenvalue weighted by Gasteiger charge is -2.35. The fourth-order valence-electron chi connectivity index (χ4n) is 3.77. The molecule has 172 valence electrons. The van der Waals surface area contributed by atoms with Gasteiger partial charge in [-0.1, -0.05) is 24.3 Å². The average molecular weight is 450 g/mol. The molecule has 0 saturated carbocycles. The quantitative estimate of drug-likeness (QED) is 0.552. The average Bonchev–Trinajstić information content (AvgIpc) is 2.83. The molecule has 2 aromatic carbocycles. The third kappa shape index (κ3) is 6.20. The van der Waals surface area contributed by atoms with Crippen LogP contribution in [-0.2, 0) is 6.54 Å². The Bertz CT molecular complexity index is 1050. The topological polar surface area (TPSA) is 69.7 Å². The third-order valence-corrected chi connectivity index (χ3v) is 5.46. The van der Waals surface area contributed by atoms with Crippen LogP contribution in [-0.4, -0.2) is 48.7 Å². The van der Waals surface area contributed by atoms with Gasteiger partial charge in [0.2, 0.25) is 0 Å². The van der Waals surface area contributed by atoms with Gasteiger partial charge in [-0.05, 0) is 48.9 Å². The second kappa shape index (κ2) is 10.8. The van der Waals surface area contributed by atoms with Crippen molar-refractivity contribution in [2.45, 2.75) is 13.5 Å². The monoisotopic (exact) mass is 449 g/mol. The van der Waals surface area contributed by atoms with E-state index in [9.17, 15) is 9.18 Å². The molecule has 0 spiro atoms. The number of carbonyl (C=O) groups is 1. The second-order valence-corrected chi connectivity index (χ2v) is 7.80. The number of benzene rings is 2. The number of aromatic nitrogens is 1. The summed E-state index contributed by atoms with van der Waals surface area (Å²) in [5.74, 6) is 1.30. The predicted octanol–water partition coefficient (Wildman–Crippen LogP) is 4.59. The van der Waals surface area contributed by atoms with E-state index in [-0.39, 0.29) is 11.8 Å². The number of ether oxygens (including phenoxy) is 1. The van der Waals surface area contributed by atoms with E-state index in [1.807, 2.05) is 49.4 Å². The van der Waals surface area contributed by atoms with E-state index in [4.69, 9.17) is 4.74 Å². The van der Waals surface area contributed by atoms with Gasteiger partial charge in [-0.15, -0.1) is 0 Å². The zero-order valence-corrected chi connectivity index (χ0v) is 18.6. The minimum Gasteiger partial charge on any atom is -0.492 e. The van der Waals surface area contributed by atoms with Gasteiger partial charge in [0, 0.05) is 32.7 Å². The van der Waals surface area contributed by atoms with Crippen LogP contribution in [0.2, 0.25) is 0 Å². The Morgan fingerprint density at radius 1 is 1.00 bits per heavy atom. The van der Waals surface area contributed by atoms with Crippen molar-refractivity contribution in [3.05, 3.63) is 78.2 Å². The van der Waals surface area contributed by atoms with Gasteiger partial charge in [-0.3, -0.25) is 4.90 Å². The largest absolute Gasteiger partial charge is 0.492 e. The Morgan fingerprint density at radius 3 is 2.45 bits per heavy atom. The Kier molecular flexibility index (Phi) is 7.36. The molecule has 3 aromatic rings. The van der Waals surface area contributed by atoms with E-state index < -0.39 is 0 Å². The maximum Gasteiger partial charge on any atom is 0.323 e. The van der Waals surface area contributed by atoms with E-state index in [1.54, 1.807) is 12.3 Å². The smallest absolute Gasteiger partial charge is 0.323 e. The van der Waals surface area contributed by atoms with Crippen LogP contribution in [0.1, 0.15) is 12.5 Å². The molecule has 1 aromatic heterocycles. The van der Waals surface area contributed by atoms with Crippen LogP contribution in [0.25, 0.3) is 0 Å². The maximum atomic E-state index is 13.1. The van der Waals surface area contributed by atoms with Crippen molar-refractivity contribution in [2.75, 3.05) is 48.3 Å². The minimum absolute atomic E-state index is 0.208. The van der Waals surface area contributed by atoms with Gasteiger partial charge in [-0.25, -0.2) is 14.2 Å². The number of nitrogens with one attached hydrogen (secondary N) is 2. The van der Waals surface area contributed by atoms with Gasteiger partial charge in [0.1, 0.15) is 17.4 Å². The molecule has 1 fully saturated rings. The van der Waals surface area contributed by atoms with Crippen molar-refractivity contribution < 1.29 is 13.9 Å². The first-order valence-corrected chi connectivity index (χ1v) is 11.1. The Hall–Kier alpha value is -3.65. The number of hydrogen-bond donors (Lipinski definition) is 2. The van der Waals surface area contributed by atoms with Gasteiger partial charge >= 0.3 is 6.03 Å². The van der Waals surface area contributed by atoms with Gasteiger partial charge in [-0.2, -0.15) is 0 Å². The van der Waals surface area contributed by atoms with E-state index >= 15 is 0 Å².